The van der Waals surface area contributed by atoms with Crippen molar-refractivity contribution >= 4 is 23.3 Å². The summed E-state index contributed by atoms with van der Waals surface area (Å²) in [6, 6.07) is 5.20. The summed E-state index contributed by atoms with van der Waals surface area (Å²) in [5, 5.41) is 10.3. The minimum atomic E-state index is -0.621. The molecule has 2 aliphatic carbocycles. The predicted octanol–water partition coefficient (Wildman–Crippen LogP) is 3.63. The highest BCUT2D eigenvalue weighted by Crippen LogP contribution is 2.58. The SMILES string of the molecule is CC(C)[C@@H]1COCCN1c1ccc(NC(=O)[C@@H](NC(=O)c2ccnn2C)C(C2CCC2)C2(C)CC2)cn1. The van der Waals surface area contributed by atoms with Crippen molar-refractivity contribution in [3.05, 3.63) is 36.3 Å². The Morgan fingerprint density at radius 3 is 2.54 bits per heavy atom. The van der Waals surface area contributed by atoms with Gasteiger partial charge in [0, 0.05) is 19.8 Å². The molecule has 2 aromatic heterocycles. The number of anilines is 2. The molecular weight excluding hydrogens is 468 g/mol. The lowest BCUT2D eigenvalue weighted by Gasteiger charge is -2.42. The molecule has 2 aromatic rings. The Balaban J connectivity index is 1.35. The molecule has 9 nitrogen and oxygen atoms in total. The van der Waals surface area contributed by atoms with Crippen molar-refractivity contribution in [2.75, 3.05) is 30.0 Å². The van der Waals surface area contributed by atoms with Crippen molar-refractivity contribution < 1.29 is 14.3 Å². The Hall–Kier alpha value is -2.94. The first-order valence-corrected chi connectivity index (χ1v) is 13.7. The first-order valence-electron chi connectivity index (χ1n) is 13.7. The van der Waals surface area contributed by atoms with E-state index in [1.165, 1.54) is 6.42 Å². The van der Waals surface area contributed by atoms with Gasteiger partial charge in [-0.05, 0) is 54.2 Å². The molecular formula is C28H40N6O3. The lowest BCUT2D eigenvalue weighted by Crippen LogP contribution is -2.54. The number of hydrogen-bond acceptors (Lipinski definition) is 6. The maximum Gasteiger partial charge on any atom is 0.270 e. The zero-order valence-corrected chi connectivity index (χ0v) is 22.4. The average Bonchev–Trinajstić information content (AvgIpc) is 3.45. The summed E-state index contributed by atoms with van der Waals surface area (Å²) in [7, 11) is 1.74. The summed E-state index contributed by atoms with van der Waals surface area (Å²) in [6.45, 7) is 8.82. The van der Waals surface area contributed by atoms with Gasteiger partial charge in [-0.2, -0.15) is 5.10 Å². The van der Waals surface area contributed by atoms with Crippen LogP contribution in [-0.4, -0.2) is 58.4 Å². The van der Waals surface area contributed by atoms with E-state index >= 15 is 0 Å². The van der Waals surface area contributed by atoms with Gasteiger partial charge < -0.3 is 20.3 Å². The number of carbonyl (C=O) groups is 2. The number of morpholine rings is 1. The summed E-state index contributed by atoms with van der Waals surface area (Å²) in [6.07, 6.45) is 8.90. The fourth-order valence-corrected chi connectivity index (χ4v) is 6.01. The molecule has 0 bridgehead atoms. The van der Waals surface area contributed by atoms with Crippen LogP contribution in [0.5, 0.6) is 0 Å². The molecule has 1 unspecified atom stereocenters. The molecule has 2 saturated carbocycles. The van der Waals surface area contributed by atoms with Crippen molar-refractivity contribution in [3.8, 4) is 0 Å². The Bertz CT molecular complexity index is 1110. The third kappa shape index (κ3) is 5.37. The van der Waals surface area contributed by atoms with Gasteiger partial charge in [-0.25, -0.2) is 4.98 Å². The quantitative estimate of drug-likeness (QED) is 0.536. The normalized spacial score (nSPS) is 22.7. The molecule has 1 aliphatic heterocycles. The van der Waals surface area contributed by atoms with Crippen molar-refractivity contribution in [3.63, 3.8) is 0 Å². The van der Waals surface area contributed by atoms with Gasteiger partial charge in [0.2, 0.25) is 5.91 Å². The van der Waals surface area contributed by atoms with Crippen LogP contribution in [0.2, 0.25) is 0 Å². The summed E-state index contributed by atoms with van der Waals surface area (Å²) >= 11 is 0. The molecule has 3 heterocycles. The van der Waals surface area contributed by atoms with Gasteiger partial charge in [0.15, 0.2) is 0 Å². The van der Waals surface area contributed by atoms with Crippen molar-refractivity contribution in [2.45, 2.75) is 65.0 Å². The Morgan fingerprint density at radius 2 is 1.97 bits per heavy atom. The Morgan fingerprint density at radius 1 is 1.19 bits per heavy atom. The first kappa shape index (κ1) is 25.7. The van der Waals surface area contributed by atoms with Crippen molar-refractivity contribution in [1.82, 2.24) is 20.1 Å². The van der Waals surface area contributed by atoms with E-state index in [4.69, 9.17) is 4.74 Å². The van der Waals surface area contributed by atoms with Gasteiger partial charge in [0.05, 0.1) is 31.1 Å². The van der Waals surface area contributed by atoms with Gasteiger partial charge >= 0.3 is 0 Å². The van der Waals surface area contributed by atoms with Crippen LogP contribution < -0.4 is 15.5 Å². The number of nitrogens with zero attached hydrogens (tertiary/aromatic N) is 4. The van der Waals surface area contributed by atoms with E-state index in [2.05, 4.69) is 46.4 Å². The minimum Gasteiger partial charge on any atom is -0.377 e. The number of nitrogens with one attached hydrogen (secondary N) is 2. The maximum absolute atomic E-state index is 13.8. The van der Waals surface area contributed by atoms with Crippen LogP contribution in [0.15, 0.2) is 30.6 Å². The Labute approximate surface area is 219 Å². The van der Waals surface area contributed by atoms with Crippen molar-refractivity contribution in [1.29, 1.82) is 0 Å². The van der Waals surface area contributed by atoms with E-state index in [0.29, 0.717) is 36.4 Å². The van der Waals surface area contributed by atoms with E-state index in [1.807, 2.05) is 12.1 Å². The predicted molar refractivity (Wildman–Crippen MR) is 142 cm³/mol. The summed E-state index contributed by atoms with van der Waals surface area (Å²) in [4.78, 5) is 34.0. The highest BCUT2D eigenvalue weighted by Gasteiger charge is 2.54. The van der Waals surface area contributed by atoms with Crippen LogP contribution in [0.4, 0.5) is 11.5 Å². The maximum atomic E-state index is 13.8. The largest absolute Gasteiger partial charge is 0.377 e. The number of aromatic nitrogens is 3. The third-order valence-electron chi connectivity index (χ3n) is 8.73. The van der Waals surface area contributed by atoms with Crippen LogP contribution in [0, 0.1) is 23.2 Å². The van der Waals surface area contributed by atoms with Crippen molar-refractivity contribution in [2.24, 2.45) is 30.2 Å². The molecule has 2 amide bonds. The number of carbonyl (C=O) groups excluding carboxylic acids is 2. The summed E-state index contributed by atoms with van der Waals surface area (Å²) in [5.41, 5.74) is 1.16. The molecule has 37 heavy (non-hydrogen) atoms. The molecule has 9 heteroatoms. The first-order chi connectivity index (χ1) is 17.8. The molecule has 1 saturated heterocycles. The number of hydrogen-bond donors (Lipinski definition) is 2. The summed E-state index contributed by atoms with van der Waals surface area (Å²) in [5.74, 6) is 1.43. The van der Waals surface area contributed by atoms with Gasteiger partial charge in [0.1, 0.15) is 17.6 Å². The van der Waals surface area contributed by atoms with Gasteiger partial charge in [0.25, 0.3) is 5.91 Å². The zero-order valence-electron chi connectivity index (χ0n) is 22.4. The molecule has 0 spiro atoms. The van der Waals surface area contributed by atoms with E-state index in [0.717, 1.165) is 38.0 Å². The van der Waals surface area contributed by atoms with Gasteiger partial charge in [-0.3, -0.25) is 14.3 Å². The highest BCUT2D eigenvalue weighted by molar-refractivity contribution is 6.00. The second-order valence-corrected chi connectivity index (χ2v) is 11.6. The highest BCUT2D eigenvalue weighted by atomic mass is 16.5. The molecule has 5 rings (SSSR count). The number of aryl methyl sites for hydroxylation is 1. The fraction of sp³-hybridized carbons (Fsp3) is 0.643. The number of ether oxygens (including phenoxy) is 1. The molecule has 0 radical (unpaired) electrons. The molecule has 200 valence electrons. The number of amides is 2. The topological polar surface area (TPSA) is 101 Å². The smallest absolute Gasteiger partial charge is 0.270 e. The van der Waals surface area contributed by atoms with Crippen LogP contribution in [-0.2, 0) is 16.6 Å². The van der Waals surface area contributed by atoms with Crippen LogP contribution in [0.25, 0.3) is 0 Å². The fourth-order valence-electron chi connectivity index (χ4n) is 6.01. The third-order valence-corrected chi connectivity index (χ3v) is 8.73. The summed E-state index contributed by atoms with van der Waals surface area (Å²) < 4.78 is 7.23. The average molecular weight is 509 g/mol. The van der Waals surface area contributed by atoms with Crippen LogP contribution in [0.1, 0.15) is 63.4 Å². The van der Waals surface area contributed by atoms with E-state index in [9.17, 15) is 9.59 Å². The van der Waals surface area contributed by atoms with Crippen LogP contribution in [0.3, 0.4) is 0 Å². The van der Waals surface area contributed by atoms with Gasteiger partial charge in [-0.1, -0.05) is 40.0 Å². The van der Waals surface area contributed by atoms with Crippen LogP contribution >= 0.6 is 0 Å². The minimum absolute atomic E-state index is 0.0805. The second kappa shape index (κ2) is 10.4. The van der Waals surface area contributed by atoms with E-state index < -0.39 is 6.04 Å². The van der Waals surface area contributed by atoms with Gasteiger partial charge in [-0.15, -0.1) is 0 Å². The molecule has 3 fully saturated rings. The Kier molecular flexibility index (Phi) is 7.25. The monoisotopic (exact) mass is 508 g/mol. The number of pyridine rings is 1. The lowest BCUT2D eigenvalue weighted by atomic mass is 9.66. The molecule has 2 N–H and O–H groups in total. The number of rotatable bonds is 9. The van der Waals surface area contributed by atoms with E-state index in [1.54, 1.807) is 30.2 Å². The lowest BCUT2D eigenvalue weighted by molar-refractivity contribution is -0.121. The molecule has 3 aliphatic rings. The standard InChI is InChI=1S/C28H40N6O3/c1-18(2)22-17-37-15-14-34(22)23-9-8-20(16-29-23)31-27(36)25(32-26(35)21-10-13-30-33(21)4)24(19-6-5-7-19)28(3)11-12-28/h8-10,13,16,18-19,22,24-25H,5-7,11-12,14-15,17H2,1-4H3,(H,31,36)(H,32,35)/t22-,24?,25-/m0/s1. The second-order valence-electron chi connectivity index (χ2n) is 11.6. The van der Waals surface area contributed by atoms with E-state index in [-0.39, 0.29) is 29.2 Å². The molecule has 0 aromatic carbocycles. The molecule has 3 atom stereocenters. The zero-order chi connectivity index (χ0) is 26.2.